The number of pyridine rings is 2. The Morgan fingerprint density at radius 3 is 1.52 bits per heavy atom. The molecule has 0 aliphatic heterocycles. The zero-order chi connectivity index (χ0) is 16.6. The second-order valence-electron chi connectivity index (χ2n) is 6.13. The van der Waals surface area contributed by atoms with Gasteiger partial charge in [0, 0.05) is 57.7 Å². The fourth-order valence-electron chi connectivity index (χ4n) is 3.32. The number of hydrogen-bond acceptors (Lipinski definition) is 2. The number of aromatic nitrogens is 3. The largest absolute Gasteiger partial charge is 0.355 e. The summed E-state index contributed by atoms with van der Waals surface area (Å²) in [6.07, 6.45) is 7.40. The van der Waals surface area contributed by atoms with Gasteiger partial charge in [0.05, 0.1) is 0 Å². The molecule has 0 fully saturated rings. The number of aromatic amines is 1. The molecule has 2 aromatic carbocycles. The van der Waals surface area contributed by atoms with Crippen LogP contribution in [0.15, 0.2) is 85.5 Å². The standard InChI is InChI=1S/C22H15N3/c1-3-17(13-23-9-1)15-5-7-21-19(11-15)20-12-16(6-8-22(20)25-21)18-4-2-10-24-14-18/h1-14,25H. The van der Waals surface area contributed by atoms with Gasteiger partial charge in [-0.15, -0.1) is 0 Å². The minimum atomic E-state index is 1.13. The molecule has 3 heteroatoms. The summed E-state index contributed by atoms with van der Waals surface area (Å²) in [5.74, 6) is 0. The van der Waals surface area contributed by atoms with Crippen molar-refractivity contribution in [3.63, 3.8) is 0 Å². The molecule has 0 spiro atoms. The first-order valence-corrected chi connectivity index (χ1v) is 8.25. The van der Waals surface area contributed by atoms with Crippen molar-refractivity contribution in [3.8, 4) is 22.3 Å². The maximum absolute atomic E-state index is 4.23. The van der Waals surface area contributed by atoms with E-state index < -0.39 is 0 Å². The van der Waals surface area contributed by atoms with E-state index in [1.54, 1.807) is 12.4 Å². The van der Waals surface area contributed by atoms with E-state index in [2.05, 4.69) is 63.5 Å². The highest BCUT2D eigenvalue weighted by atomic mass is 14.7. The topological polar surface area (TPSA) is 41.6 Å². The third kappa shape index (κ3) is 2.37. The average molecular weight is 321 g/mol. The quantitative estimate of drug-likeness (QED) is 0.470. The number of hydrogen-bond donors (Lipinski definition) is 1. The molecule has 3 nitrogen and oxygen atoms in total. The van der Waals surface area contributed by atoms with Crippen LogP contribution in [-0.2, 0) is 0 Å². The van der Waals surface area contributed by atoms with Gasteiger partial charge in [0.25, 0.3) is 0 Å². The Balaban J connectivity index is 1.73. The fourth-order valence-corrected chi connectivity index (χ4v) is 3.32. The van der Waals surface area contributed by atoms with E-state index in [0.717, 1.165) is 22.2 Å². The van der Waals surface area contributed by atoms with Crippen LogP contribution in [0.1, 0.15) is 0 Å². The Bertz CT molecular complexity index is 1080. The summed E-state index contributed by atoms with van der Waals surface area (Å²) in [6, 6.07) is 21.1. The van der Waals surface area contributed by atoms with Crippen LogP contribution in [0.2, 0.25) is 0 Å². The second kappa shape index (κ2) is 5.56. The summed E-state index contributed by atoms with van der Waals surface area (Å²) in [5, 5.41) is 2.45. The summed E-state index contributed by atoms with van der Waals surface area (Å²) in [5.41, 5.74) is 6.89. The number of nitrogens with one attached hydrogen (secondary N) is 1. The normalized spacial score (nSPS) is 11.2. The summed E-state index contributed by atoms with van der Waals surface area (Å²) in [6.45, 7) is 0. The molecule has 0 aliphatic rings. The van der Waals surface area contributed by atoms with Gasteiger partial charge in [-0.2, -0.15) is 0 Å². The van der Waals surface area contributed by atoms with Crippen LogP contribution in [-0.4, -0.2) is 15.0 Å². The lowest BCUT2D eigenvalue weighted by Gasteiger charge is -2.03. The van der Waals surface area contributed by atoms with Crippen molar-refractivity contribution < 1.29 is 0 Å². The van der Waals surface area contributed by atoms with Crippen molar-refractivity contribution >= 4 is 21.8 Å². The zero-order valence-corrected chi connectivity index (χ0v) is 13.5. The Morgan fingerprint density at radius 1 is 0.560 bits per heavy atom. The summed E-state index contributed by atoms with van der Waals surface area (Å²) >= 11 is 0. The maximum atomic E-state index is 4.23. The lowest BCUT2D eigenvalue weighted by molar-refractivity contribution is 1.33. The number of nitrogens with zero attached hydrogens (tertiary/aromatic N) is 2. The van der Waals surface area contributed by atoms with E-state index >= 15 is 0 Å². The van der Waals surface area contributed by atoms with Gasteiger partial charge in [0.1, 0.15) is 0 Å². The molecule has 3 heterocycles. The summed E-state index contributed by atoms with van der Waals surface area (Å²) in [7, 11) is 0. The minimum absolute atomic E-state index is 1.13. The molecule has 0 saturated heterocycles. The van der Waals surface area contributed by atoms with Gasteiger partial charge in [0.2, 0.25) is 0 Å². The van der Waals surface area contributed by atoms with Crippen LogP contribution < -0.4 is 0 Å². The molecule has 25 heavy (non-hydrogen) atoms. The molecular weight excluding hydrogens is 306 g/mol. The van der Waals surface area contributed by atoms with E-state index in [-0.39, 0.29) is 0 Å². The molecule has 0 radical (unpaired) electrons. The number of fused-ring (bicyclic) bond motifs is 3. The SMILES string of the molecule is c1cncc(-c2ccc3[nH]c4ccc(-c5cccnc5)cc4c3c2)c1. The third-order valence-corrected chi connectivity index (χ3v) is 4.59. The van der Waals surface area contributed by atoms with Crippen molar-refractivity contribution in [3.05, 3.63) is 85.5 Å². The molecule has 0 aliphatic carbocycles. The molecule has 0 saturated carbocycles. The Morgan fingerprint density at radius 2 is 1.08 bits per heavy atom. The molecule has 1 N–H and O–H groups in total. The predicted molar refractivity (Wildman–Crippen MR) is 102 cm³/mol. The van der Waals surface area contributed by atoms with E-state index in [9.17, 15) is 0 Å². The molecular formula is C22H15N3. The van der Waals surface area contributed by atoms with Gasteiger partial charge < -0.3 is 4.98 Å². The summed E-state index contributed by atoms with van der Waals surface area (Å²) < 4.78 is 0. The van der Waals surface area contributed by atoms with Crippen LogP contribution in [0.4, 0.5) is 0 Å². The molecule has 118 valence electrons. The number of H-pyrrole nitrogens is 1. The van der Waals surface area contributed by atoms with Crippen molar-refractivity contribution in [1.29, 1.82) is 0 Å². The maximum Gasteiger partial charge on any atom is 0.0465 e. The molecule has 0 atom stereocenters. The highest BCUT2D eigenvalue weighted by Gasteiger charge is 2.08. The molecule has 5 rings (SSSR count). The summed E-state index contributed by atoms with van der Waals surface area (Å²) in [4.78, 5) is 12.0. The first-order chi connectivity index (χ1) is 12.4. The average Bonchev–Trinajstić information content (AvgIpc) is 3.06. The fraction of sp³-hybridized carbons (Fsp3) is 0. The minimum Gasteiger partial charge on any atom is -0.355 e. The van der Waals surface area contributed by atoms with Crippen molar-refractivity contribution in [2.75, 3.05) is 0 Å². The van der Waals surface area contributed by atoms with Crippen molar-refractivity contribution in [2.24, 2.45) is 0 Å². The Labute approximate surface area is 145 Å². The Kier molecular flexibility index (Phi) is 3.10. The number of rotatable bonds is 2. The van der Waals surface area contributed by atoms with Gasteiger partial charge in [-0.3, -0.25) is 9.97 Å². The van der Waals surface area contributed by atoms with Crippen LogP contribution >= 0.6 is 0 Å². The van der Waals surface area contributed by atoms with Crippen molar-refractivity contribution in [2.45, 2.75) is 0 Å². The zero-order valence-electron chi connectivity index (χ0n) is 13.5. The van der Waals surface area contributed by atoms with E-state index in [4.69, 9.17) is 0 Å². The predicted octanol–water partition coefficient (Wildman–Crippen LogP) is 5.45. The van der Waals surface area contributed by atoms with Gasteiger partial charge in [-0.1, -0.05) is 24.3 Å². The van der Waals surface area contributed by atoms with Crippen LogP contribution in [0, 0.1) is 0 Å². The molecule has 0 unspecified atom stereocenters. The molecule has 0 bridgehead atoms. The first-order valence-electron chi connectivity index (χ1n) is 8.25. The number of benzene rings is 2. The highest BCUT2D eigenvalue weighted by molar-refractivity contribution is 6.09. The third-order valence-electron chi connectivity index (χ3n) is 4.59. The molecule has 3 aromatic heterocycles. The van der Waals surface area contributed by atoms with Crippen molar-refractivity contribution in [1.82, 2.24) is 15.0 Å². The molecule has 0 amide bonds. The van der Waals surface area contributed by atoms with E-state index in [1.807, 2.05) is 24.5 Å². The van der Waals surface area contributed by atoms with Crippen LogP contribution in [0.25, 0.3) is 44.1 Å². The lowest BCUT2D eigenvalue weighted by Crippen LogP contribution is -1.80. The van der Waals surface area contributed by atoms with E-state index in [0.29, 0.717) is 0 Å². The second-order valence-corrected chi connectivity index (χ2v) is 6.13. The highest BCUT2D eigenvalue weighted by Crippen LogP contribution is 2.32. The lowest BCUT2D eigenvalue weighted by atomic mass is 10.0. The van der Waals surface area contributed by atoms with Gasteiger partial charge in [0.15, 0.2) is 0 Å². The van der Waals surface area contributed by atoms with Gasteiger partial charge in [-0.25, -0.2) is 0 Å². The smallest absolute Gasteiger partial charge is 0.0465 e. The van der Waals surface area contributed by atoms with Gasteiger partial charge in [-0.05, 0) is 47.5 Å². The van der Waals surface area contributed by atoms with Crippen LogP contribution in [0.5, 0.6) is 0 Å². The van der Waals surface area contributed by atoms with Crippen LogP contribution in [0.3, 0.4) is 0 Å². The first kappa shape index (κ1) is 13.9. The monoisotopic (exact) mass is 321 g/mol. The Hall–Kier alpha value is -3.46. The molecule has 5 aromatic rings. The van der Waals surface area contributed by atoms with E-state index in [1.165, 1.54) is 21.9 Å². The van der Waals surface area contributed by atoms with Gasteiger partial charge >= 0.3 is 0 Å².